The highest BCUT2D eigenvalue weighted by molar-refractivity contribution is 7.99. The van der Waals surface area contributed by atoms with Gasteiger partial charge in [0.05, 0.1) is 6.20 Å². The van der Waals surface area contributed by atoms with Crippen molar-refractivity contribution < 1.29 is 0 Å². The summed E-state index contributed by atoms with van der Waals surface area (Å²) < 4.78 is 1.87. The van der Waals surface area contributed by atoms with Gasteiger partial charge in [-0.2, -0.15) is 16.9 Å². The molecule has 2 rings (SSSR count). The maximum absolute atomic E-state index is 4.20. The molecule has 1 aromatic heterocycles. The fraction of sp³-hybridized carbons (Fsp3) is 0.769. The van der Waals surface area contributed by atoms with Crippen molar-refractivity contribution in [2.75, 3.05) is 18.1 Å². The monoisotopic (exact) mass is 253 g/mol. The summed E-state index contributed by atoms with van der Waals surface area (Å²) >= 11 is 2.08. The van der Waals surface area contributed by atoms with Gasteiger partial charge < -0.3 is 5.32 Å². The highest BCUT2D eigenvalue weighted by Crippen LogP contribution is 2.33. The molecule has 1 aliphatic heterocycles. The smallest absolute Gasteiger partial charge is 0.0522 e. The predicted octanol–water partition coefficient (Wildman–Crippen LogP) is 2.08. The zero-order valence-corrected chi connectivity index (χ0v) is 11.9. The van der Waals surface area contributed by atoms with Gasteiger partial charge in [-0.3, -0.25) is 4.68 Å². The van der Waals surface area contributed by atoms with Crippen molar-refractivity contribution in [1.82, 2.24) is 15.1 Å². The van der Waals surface area contributed by atoms with E-state index in [1.54, 1.807) is 0 Å². The number of nitrogens with zero attached hydrogens (tertiary/aromatic N) is 2. The highest BCUT2D eigenvalue weighted by atomic mass is 32.2. The molecule has 1 N–H and O–H groups in total. The number of aryl methyl sites for hydroxylation is 1. The lowest BCUT2D eigenvalue weighted by Gasteiger charge is -2.38. The maximum atomic E-state index is 4.20. The number of thioether (sulfide) groups is 1. The van der Waals surface area contributed by atoms with Crippen LogP contribution >= 0.6 is 11.8 Å². The lowest BCUT2D eigenvalue weighted by Crippen LogP contribution is -2.47. The van der Waals surface area contributed by atoms with Gasteiger partial charge in [0, 0.05) is 25.0 Å². The summed E-state index contributed by atoms with van der Waals surface area (Å²) in [5.41, 5.74) is 1.77. The lowest BCUT2D eigenvalue weighted by atomic mass is 9.82. The number of aromatic nitrogens is 2. The molecule has 1 aliphatic rings. The zero-order valence-electron chi connectivity index (χ0n) is 11.1. The molecule has 1 fully saturated rings. The average Bonchev–Trinajstić information content (AvgIpc) is 2.67. The Balaban J connectivity index is 1.77. The quantitative estimate of drug-likeness (QED) is 0.891. The molecular formula is C13H23N3S. The van der Waals surface area contributed by atoms with Gasteiger partial charge in [0.2, 0.25) is 0 Å². The largest absolute Gasteiger partial charge is 0.312 e. The molecule has 4 heteroatoms. The van der Waals surface area contributed by atoms with Crippen molar-refractivity contribution in [3.05, 3.63) is 18.0 Å². The van der Waals surface area contributed by atoms with Crippen LogP contribution in [0.4, 0.5) is 0 Å². The van der Waals surface area contributed by atoms with Gasteiger partial charge in [0.25, 0.3) is 0 Å². The van der Waals surface area contributed by atoms with E-state index in [2.05, 4.69) is 42.2 Å². The molecule has 1 unspecified atom stereocenters. The Bertz CT molecular complexity index is 359. The van der Waals surface area contributed by atoms with Gasteiger partial charge in [-0.15, -0.1) is 0 Å². The van der Waals surface area contributed by atoms with Gasteiger partial charge in [0.15, 0.2) is 0 Å². The Hall–Kier alpha value is -0.480. The normalized spacial score (nSPS) is 23.8. The molecule has 0 spiro atoms. The summed E-state index contributed by atoms with van der Waals surface area (Å²) in [6, 6.07) is 0.651. The highest BCUT2D eigenvalue weighted by Gasteiger charge is 2.31. The molecule has 0 radical (unpaired) electrons. The summed E-state index contributed by atoms with van der Waals surface area (Å²) in [6.07, 6.45) is 6.46. The zero-order chi connectivity index (χ0) is 12.3. The van der Waals surface area contributed by atoms with Gasteiger partial charge in [-0.1, -0.05) is 13.8 Å². The van der Waals surface area contributed by atoms with Gasteiger partial charge in [0.1, 0.15) is 0 Å². The third-order valence-corrected chi connectivity index (χ3v) is 4.74. The topological polar surface area (TPSA) is 29.9 Å². The Morgan fingerprint density at radius 1 is 1.59 bits per heavy atom. The summed E-state index contributed by atoms with van der Waals surface area (Å²) in [5, 5.41) is 7.91. The van der Waals surface area contributed by atoms with Crippen molar-refractivity contribution in [2.24, 2.45) is 12.5 Å². The molecule has 3 nitrogen and oxygen atoms in total. The molecule has 0 saturated carbocycles. The van der Waals surface area contributed by atoms with Gasteiger partial charge >= 0.3 is 0 Å². The van der Waals surface area contributed by atoms with E-state index in [4.69, 9.17) is 0 Å². The first-order chi connectivity index (χ1) is 8.08. The minimum absolute atomic E-state index is 0.445. The Kier molecular flexibility index (Phi) is 4.15. The summed E-state index contributed by atoms with van der Waals surface area (Å²) in [6.45, 7) is 5.82. The maximum Gasteiger partial charge on any atom is 0.0522 e. The van der Waals surface area contributed by atoms with Crippen molar-refractivity contribution >= 4 is 11.8 Å². The molecular weight excluding hydrogens is 230 g/mol. The van der Waals surface area contributed by atoms with Crippen LogP contribution < -0.4 is 5.32 Å². The van der Waals surface area contributed by atoms with Crippen LogP contribution in [0.15, 0.2) is 12.4 Å². The molecule has 2 heterocycles. The van der Waals surface area contributed by atoms with Crippen molar-refractivity contribution in [3.63, 3.8) is 0 Å². The first-order valence-electron chi connectivity index (χ1n) is 6.36. The first-order valence-corrected chi connectivity index (χ1v) is 7.52. The molecule has 1 saturated heterocycles. The van der Waals surface area contributed by atoms with Gasteiger partial charge in [-0.05, 0) is 36.1 Å². The Labute approximate surface area is 108 Å². The fourth-order valence-electron chi connectivity index (χ4n) is 2.26. The van der Waals surface area contributed by atoms with Crippen LogP contribution in [0, 0.1) is 5.41 Å². The molecule has 17 heavy (non-hydrogen) atoms. The molecule has 1 aromatic rings. The van der Waals surface area contributed by atoms with Crippen LogP contribution in [0.5, 0.6) is 0 Å². The van der Waals surface area contributed by atoms with E-state index in [0.29, 0.717) is 11.5 Å². The Morgan fingerprint density at radius 3 is 3.06 bits per heavy atom. The van der Waals surface area contributed by atoms with E-state index in [1.165, 1.54) is 23.5 Å². The number of rotatable bonds is 4. The molecule has 0 amide bonds. The standard InChI is InChI=1S/C13H23N3S/c1-13(2)5-7-17-10-12(13)14-6-4-11-8-15-16(3)9-11/h8-9,12,14H,4-7,10H2,1-3H3. The Morgan fingerprint density at radius 2 is 2.41 bits per heavy atom. The number of nitrogens with one attached hydrogen (secondary N) is 1. The molecule has 1 atom stereocenters. The SMILES string of the molecule is Cn1cc(CCNC2CSCCC2(C)C)cn1. The minimum atomic E-state index is 0.445. The van der Waals surface area contributed by atoms with Crippen LogP contribution in [0.1, 0.15) is 25.8 Å². The van der Waals surface area contributed by atoms with Crippen LogP contribution in [0.2, 0.25) is 0 Å². The van der Waals surface area contributed by atoms with Crippen LogP contribution in [-0.2, 0) is 13.5 Å². The van der Waals surface area contributed by atoms with E-state index < -0.39 is 0 Å². The molecule has 0 aliphatic carbocycles. The second kappa shape index (κ2) is 5.44. The molecule has 96 valence electrons. The first kappa shape index (κ1) is 13.0. The second-order valence-corrected chi connectivity index (χ2v) is 6.74. The average molecular weight is 253 g/mol. The summed E-state index contributed by atoms with van der Waals surface area (Å²) in [4.78, 5) is 0. The van der Waals surface area contributed by atoms with Crippen molar-refractivity contribution in [2.45, 2.75) is 32.7 Å². The van der Waals surface area contributed by atoms with E-state index in [-0.39, 0.29) is 0 Å². The molecule has 0 aromatic carbocycles. The number of hydrogen-bond acceptors (Lipinski definition) is 3. The summed E-state index contributed by atoms with van der Waals surface area (Å²) in [5.74, 6) is 2.56. The van der Waals surface area contributed by atoms with Crippen molar-refractivity contribution in [1.29, 1.82) is 0 Å². The lowest BCUT2D eigenvalue weighted by molar-refractivity contribution is 0.247. The number of hydrogen-bond donors (Lipinski definition) is 1. The predicted molar refractivity (Wildman–Crippen MR) is 74.4 cm³/mol. The van der Waals surface area contributed by atoms with E-state index in [1.807, 2.05) is 17.9 Å². The van der Waals surface area contributed by atoms with E-state index >= 15 is 0 Å². The van der Waals surface area contributed by atoms with E-state index in [9.17, 15) is 0 Å². The second-order valence-electron chi connectivity index (χ2n) is 5.59. The van der Waals surface area contributed by atoms with E-state index in [0.717, 1.165) is 13.0 Å². The summed E-state index contributed by atoms with van der Waals surface area (Å²) in [7, 11) is 1.97. The van der Waals surface area contributed by atoms with Crippen molar-refractivity contribution in [3.8, 4) is 0 Å². The van der Waals surface area contributed by atoms with Crippen LogP contribution in [-0.4, -0.2) is 33.9 Å². The minimum Gasteiger partial charge on any atom is -0.312 e. The fourth-order valence-corrected chi connectivity index (χ4v) is 3.90. The molecule has 0 bridgehead atoms. The van der Waals surface area contributed by atoms with Crippen LogP contribution in [0.3, 0.4) is 0 Å². The van der Waals surface area contributed by atoms with Gasteiger partial charge in [-0.25, -0.2) is 0 Å². The third kappa shape index (κ3) is 3.49. The van der Waals surface area contributed by atoms with Crippen LogP contribution in [0.25, 0.3) is 0 Å². The third-order valence-electron chi connectivity index (χ3n) is 3.68.